The minimum atomic E-state index is -0.709. The molecule has 1 unspecified atom stereocenters. The van der Waals surface area contributed by atoms with Crippen molar-refractivity contribution < 1.29 is 9.90 Å². The Hall–Kier alpha value is -0.430. The molecule has 0 saturated carbocycles. The van der Waals surface area contributed by atoms with E-state index in [2.05, 4.69) is 44.8 Å². The van der Waals surface area contributed by atoms with Crippen LogP contribution in [0.1, 0.15) is 24.3 Å². The molecule has 0 aromatic carbocycles. The molecular weight excluding hydrogens is 328 g/mol. The second-order valence-corrected chi connectivity index (χ2v) is 7.33. The fourth-order valence-electron chi connectivity index (χ4n) is 2.36. The third kappa shape index (κ3) is 4.27. The molecule has 1 N–H and O–H groups in total. The fraction of sp³-hybridized carbons (Fsp3) is 0.615. The summed E-state index contributed by atoms with van der Waals surface area (Å²) < 4.78 is 1.18. The highest BCUT2D eigenvalue weighted by Gasteiger charge is 2.22. The van der Waals surface area contributed by atoms with E-state index in [-0.39, 0.29) is 6.42 Å². The van der Waals surface area contributed by atoms with E-state index in [0.717, 1.165) is 26.2 Å². The van der Waals surface area contributed by atoms with Gasteiger partial charge in [-0.25, -0.2) is 0 Å². The first kappa shape index (κ1) is 15.0. The molecule has 0 aliphatic carbocycles. The standard InChI is InChI=1S/C13H19BrN2O2S/c1-10(11-2-3-12(14)19-11)16-8-6-15(7-9-16)5-4-13(17)18/h2-3,10H,4-9H2,1H3,(H,17,18). The van der Waals surface area contributed by atoms with Crippen molar-refractivity contribution in [2.45, 2.75) is 19.4 Å². The summed E-state index contributed by atoms with van der Waals surface area (Å²) in [6.07, 6.45) is 0.243. The topological polar surface area (TPSA) is 43.8 Å². The average Bonchev–Trinajstić information content (AvgIpc) is 2.83. The number of carboxylic acid groups (broad SMARTS) is 1. The predicted molar refractivity (Wildman–Crippen MR) is 80.7 cm³/mol. The first-order valence-corrected chi connectivity index (χ1v) is 8.10. The van der Waals surface area contributed by atoms with Crippen LogP contribution in [0.5, 0.6) is 0 Å². The maximum Gasteiger partial charge on any atom is 0.304 e. The van der Waals surface area contributed by atoms with Gasteiger partial charge in [-0.3, -0.25) is 9.69 Å². The molecule has 1 aliphatic rings. The molecule has 2 rings (SSSR count). The summed E-state index contributed by atoms with van der Waals surface area (Å²) in [7, 11) is 0. The lowest BCUT2D eigenvalue weighted by Gasteiger charge is -2.37. The summed E-state index contributed by atoms with van der Waals surface area (Å²) in [5.74, 6) is -0.709. The van der Waals surface area contributed by atoms with Crippen LogP contribution in [-0.4, -0.2) is 53.6 Å². The van der Waals surface area contributed by atoms with Crippen LogP contribution >= 0.6 is 27.3 Å². The number of piperazine rings is 1. The third-order valence-electron chi connectivity index (χ3n) is 3.60. The third-order valence-corrected chi connectivity index (χ3v) is 5.40. The predicted octanol–water partition coefficient (Wildman–Crippen LogP) is 2.66. The van der Waals surface area contributed by atoms with Crippen molar-refractivity contribution in [1.82, 2.24) is 9.80 Å². The van der Waals surface area contributed by atoms with Crippen molar-refractivity contribution >= 4 is 33.2 Å². The molecule has 1 aromatic rings. The van der Waals surface area contributed by atoms with Gasteiger partial charge in [-0.05, 0) is 35.0 Å². The Morgan fingerprint density at radius 1 is 1.42 bits per heavy atom. The van der Waals surface area contributed by atoms with E-state index in [0.29, 0.717) is 12.6 Å². The zero-order chi connectivity index (χ0) is 13.8. The molecule has 1 saturated heterocycles. The normalized spacial score (nSPS) is 19.5. The number of aliphatic carboxylic acids is 1. The SMILES string of the molecule is CC(c1ccc(Br)s1)N1CCN(CCC(=O)O)CC1. The van der Waals surface area contributed by atoms with Crippen LogP contribution in [0.25, 0.3) is 0 Å². The van der Waals surface area contributed by atoms with Crippen molar-refractivity contribution in [2.24, 2.45) is 0 Å². The van der Waals surface area contributed by atoms with E-state index < -0.39 is 5.97 Å². The van der Waals surface area contributed by atoms with Gasteiger partial charge in [0.05, 0.1) is 10.2 Å². The number of halogens is 1. The lowest BCUT2D eigenvalue weighted by atomic mass is 10.2. The molecule has 0 amide bonds. The molecule has 2 heterocycles. The number of carbonyl (C=O) groups is 1. The van der Waals surface area contributed by atoms with Gasteiger partial charge in [0.2, 0.25) is 0 Å². The maximum atomic E-state index is 10.6. The molecule has 1 aliphatic heterocycles. The molecule has 1 aromatic heterocycles. The molecule has 6 heteroatoms. The molecule has 0 radical (unpaired) electrons. The average molecular weight is 347 g/mol. The summed E-state index contributed by atoms with van der Waals surface area (Å²) in [4.78, 5) is 16.6. The monoisotopic (exact) mass is 346 g/mol. The second-order valence-electron chi connectivity index (χ2n) is 4.84. The Morgan fingerprint density at radius 2 is 2.11 bits per heavy atom. The van der Waals surface area contributed by atoms with E-state index in [4.69, 9.17) is 5.11 Å². The van der Waals surface area contributed by atoms with Gasteiger partial charge in [-0.15, -0.1) is 11.3 Å². The number of carboxylic acids is 1. The Morgan fingerprint density at radius 3 is 2.63 bits per heavy atom. The van der Waals surface area contributed by atoms with Crippen molar-refractivity contribution in [2.75, 3.05) is 32.7 Å². The number of nitrogens with zero attached hydrogens (tertiary/aromatic N) is 2. The highest BCUT2D eigenvalue weighted by atomic mass is 79.9. The Balaban J connectivity index is 1.81. The fourth-order valence-corrected chi connectivity index (χ4v) is 3.87. The van der Waals surface area contributed by atoms with E-state index >= 15 is 0 Å². The molecule has 19 heavy (non-hydrogen) atoms. The number of hydrogen-bond donors (Lipinski definition) is 1. The molecule has 0 bridgehead atoms. The maximum absolute atomic E-state index is 10.6. The summed E-state index contributed by atoms with van der Waals surface area (Å²) in [5, 5.41) is 8.70. The van der Waals surface area contributed by atoms with E-state index in [9.17, 15) is 4.79 Å². The second kappa shape index (κ2) is 6.83. The largest absolute Gasteiger partial charge is 0.481 e. The molecular formula is C13H19BrN2O2S. The van der Waals surface area contributed by atoms with E-state index in [1.807, 2.05) is 0 Å². The summed E-state index contributed by atoms with van der Waals surface area (Å²) in [6, 6.07) is 4.72. The van der Waals surface area contributed by atoms with Crippen molar-refractivity contribution in [3.63, 3.8) is 0 Å². The summed E-state index contributed by atoms with van der Waals surface area (Å²) in [6.45, 7) is 6.86. The van der Waals surface area contributed by atoms with Crippen molar-refractivity contribution in [1.29, 1.82) is 0 Å². The first-order chi connectivity index (χ1) is 9.06. The van der Waals surface area contributed by atoms with Gasteiger partial charge >= 0.3 is 5.97 Å². The van der Waals surface area contributed by atoms with Crippen LogP contribution in [0.15, 0.2) is 15.9 Å². The lowest BCUT2D eigenvalue weighted by Crippen LogP contribution is -2.47. The number of hydrogen-bond acceptors (Lipinski definition) is 4. The van der Waals surface area contributed by atoms with Gasteiger partial charge in [0, 0.05) is 43.6 Å². The van der Waals surface area contributed by atoms with Gasteiger partial charge < -0.3 is 10.0 Å². The molecule has 1 fully saturated rings. The first-order valence-electron chi connectivity index (χ1n) is 6.49. The molecule has 1 atom stereocenters. The summed E-state index contributed by atoms with van der Waals surface area (Å²) >= 11 is 5.29. The van der Waals surface area contributed by atoms with E-state index in [1.165, 1.54) is 8.66 Å². The Labute approximate surface area is 126 Å². The van der Waals surface area contributed by atoms with Gasteiger partial charge in [0.1, 0.15) is 0 Å². The zero-order valence-electron chi connectivity index (χ0n) is 11.0. The van der Waals surface area contributed by atoms with Crippen LogP contribution in [-0.2, 0) is 4.79 Å². The van der Waals surface area contributed by atoms with E-state index in [1.54, 1.807) is 11.3 Å². The van der Waals surface area contributed by atoms with Crippen molar-refractivity contribution in [3.8, 4) is 0 Å². The van der Waals surface area contributed by atoms with Crippen LogP contribution in [0, 0.1) is 0 Å². The Bertz CT molecular complexity index is 430. The van der Waals surface area contributed by atoms with Gasteiger partial charge in [0.25, 0.3) is 0 Å². The highest BCUT2D eigenvalue weighted by molar-refractivity contribution is 9.11. The zero-order valence-corrected chi connectivity index (χ0v) is 13.4. The number of rotatable bonds is 5. The van der Waals surface area contributed by atoms with Crippen LogP contribution in [0.4, 0.5) is 0 Å². The minimum absolute atomic E-state index is 0.243. The van der Waals surface area contributed by atoms with Crippen LogP contribution in [0.3, 0.4) is 0 Å². The van der Waals surface area contributed by atoms with Gasteiger partial charge in [-0.1, -0.05) is 0 Å². The smallest absolute Gasteiger partial charge is 0.304 e. The molecule has 4 nitrogen and oxygen atoms in total. The van der Waals surface area contributed by atoms with Gasteiger partial charge in [-0.2, -0.15) is 0 Å². The van der Waals surface area contributed by atoms with Crippen LogP contribution < -0.4 is 0 Å². The van der Waals surface area contributed by atoms with Crippen molar-refractivity contribution in [3.05, 3.63) is 20.8 Å². The number of thiophene rings is 1. The minimum Gasteiger partial charge on any atom is -0.481 e. The van der Waals surface area contributed by atoms with Gasteiger partial charge in [0.15, 0.2) is 0 Å². The quantitative estimate of drug-likeness (QED) is 0.890. The highest BCUT2D eigenvalue weighted by Crippen LogP contribution is 2.30. The van der Waals surface area contributed by atoms with Crippen LogP contribution in [0.2, 0.25) is 0 Å². The lowest BCUT2D eigenvalue weighted by molar-refractivity contribution is -0.137. The Kier molecular flexibility index (Phi) is 5.38. The molecule has 106 valence electrons. The summed E-state index contributed by atoms with van der Waals surface area (Å²) in [5.41, 5.74) is 0. The molecule has 0 spiro atoms.